The molecular weight excluding hydrogens is 428 g/mol. The average molecular weight is 457 g/mol. The topological polar surface area (TPSA) is 41.1 Å². The predicted octanol–water partition coefficient (Wildman–Crippen LogP) is 6.90. The molecule has 0 aliphatic rings. The molecule has 0 unspecified atom stereocenters. The van der Waals surface area contributed by atoms with Gasteiger partial charge in [-0.2, -0.15) is 0 Å². The molecule has 0 fully saturated rings. The number of anilines is 1. The van der Waals surface area contributed by atoms with Crippen molar-refractivity contribution in [2.75, 3.05) is 5.32 Å². The van der Waals surface area contributed by atoms with E-state index in [1.165, 1.54) is 21.9 Å². The lowest BCUT2D eigenvalue weighted by Gasteiger charge is -2.18. The Balaban J connectivity index is 1.21. The molecule has 0 aromatic heterocycles. The standard InChI is InChI=1S/C32H28N2O/c35-32(31(27-10-3-1-4-11-27)28-12-5-2-6-13-28)34-30-19-16-24(17-20-30)22-33-23-25-15-18-26-9-7-8-14-29(26)21-25/h1-21,31,33H,22-23H2,(H,34,35). The fourth-order valence-corrected chi connectivity index (χ4v) is 4.41. The van der Waals surface area contributed by atoms with Gasteiger partial charge >= 0.3 is 0 Å². The molecule has 5 rings (SSSR count). The van der Waals surface area contributed by atoms with E-state index in [4.69, 9.17) is 0 Å². The molecule has 172 valence electrons. The highest BCUT2D eigenvalue weighted by Crippen LogP contribution is 2.26. The van der Waals surface area contributed by atoms with Crippen LogP contribution in [0.4, 0.5) is 5.69 Å². The molecule has 0 atom stereocenters. The summed E-state index contributed by atoms with van der Waals surface area (Å²) in [6.07, 6.45) is 0. The lowest BCUT2D eigenvalue weighted by atomic mass is 9.90. The van der Waals surface area contributed by atoms with Crippen molar-refractivity contribution in [3.63, 3.8) is 0 Å². The Kier molecular flexibility index (Phi) is 6.97. The molecule has 0 radical (unpaired) electrons. The van der Waals surface area contributed by atoms with E-state index in [9.17, 15) is 4.79 Å². The Morgan fingerprint density at radius 1 is 0.571 bits per heavy atom. The van der Waals surface area contributed by atoms with E-state index < -0.39 is 0 Å². The van der Waals surface area contributed by atoms with Crippen molar-refractivity contribution < 1.29 is 4.79 Å². The van der Waals surface area contributed by atoms with Crippen LogP contribution in [0.1, 0.15) is 28.2 Å². The number of hydrogen-bond acceptors (Lipinski definition) is 2. The normalized spacial score (nSPS) is 11.0. The van der Waals surface area contributed by atoms with E-state index in [1.807, 2.05) is 72.8 Å². The van der Waals surface area contributed by atoms with E-state index >= 15 is 0 Å². The summed E-state index contributed by atoms with van der Waals surface area (Å²) in [6.45, 7) is 1.57. The van der Waals surface area contributed by atoms with E-state index in [2.05, 4.69) is 65.2 Å². The van der Waals surface area contributed by atoms with Gasteiger partial charge in [-0.05, 0) is 51.2 Å². The van der Waals surface area contributed by atoms with Gasteiger partial charge in [-0.25, -0.2) is 0 Å². The number of carbonyl (C=O) groups is 1. The summed E-state index contributed by atoms with van der Waals surface area (Å²) < 4.78 is 0. The van der Waals surface area contributed by atoms with Crippen LogP contribution >= 0.6 is 0 Å². The Labute approximate surface area is 206 Å². The maximum absolute atomic E-state index is 13.3. The third-order valence-corrected chi connectivity index (χ3v) is 6.22. The maximum atomic E-state index is 13.3. The van der Waals surface area contributed by atoms with Gasteiger partial charge in [-0.1, -0.05) is 109 Å². The minimum absolute atomic E-state index is 0.0374. The second kappa shape index (κ2) is 10.8. The van der Waals surface area contributed by atoms with Gasteiger partial charge in [0.1, 0.15) is 0 Å². The number of amides is 1. The molecule has 5 aromatic rings. The molecular formula is C32H28N2O. The summed E-state index contributed by atoms with van der Waals surface area (Å²) in [7, 11) is 0. The Morgan fingerprint density at radius 3 is 1.77 bits per heavy atom. The smallest absolute Gasteiger partial charge is 0.236 e. The van der Waals surface area contributed by atoms with Crippen LogP contribution in [0, 0.1) is 0 Å². The number of hydrogen-bond donors (Lipinski definition) is 2. The zero-order valence-electron chi connectivity index (χ0n) is 19.5. The number of fused-ring (bicyclic) bond motifs is 1. The average Bonchev–Trinajstić information content (AvgIpc) is 2.91. The fourth-order valence-electron chi connectivity index (χ4n) is 4.41. The predicted molar refractivity (Wildman–Crippen MR) is 144 cm³/mol. The highest BCUT2D eigenvalue weighted by atomic mass is 16.1. The summed E-state index contributed by atoms with van der Waals surface area (Å²) in [5.41, 5.74) is 5.19. The van der Waals surface area contributed by atoms with Gasteiger partial charge in [0, 0.05) is 18.8 Å². The van der Waals surface area contributed by atoms with E-state index in [0.29, 0.717) is 0 Å². The number of benzene rings is 5. The minimum Gasteiger partial charge on any atom is -0.325 e. The van der Waals surface area contributed by atoms with Crippen molar-refractivity contribution in [3.8, 4) is 0 Å². The van der Waals surface area contributed by atoms with Crippen LogP contribution in [0.5, 0.6) is 0 Å². The van der Waals surface area contributed by atoms with Crippen LogP contribution < -0.4 is 10.6 Å². The van der Waals surface area contributed by atoms with Crippen LogP contribution in [-0.2, 0) is 17.9 Å². The van der Waals surface area contributed by atoms with Crippen molar-refractivity contribution in [2.45, 2.75) is 19.0 Å². The SMILES string of the molecule is O=C(Nc1ccc(CNCc2ccc3ccccc3c2)cc1)C(c1ccccc1)c1ccccc1. The van der Waals surface area contributed by atoms with Gasteiger partial charge in [-0.15, -0.1) is 0 Å². The highest BCUT2D eigenvalue weighted by molar-refractivity contribution is 5.98. The zero-order valence-corrected chi connectivity index (χ0v) is 19.5. The monoisotopic (exact) mass is 456 g/mol. The Bertz CT molecular complexity index is 1360. The molecule has 0 bridgehead atoms. The molecule has 2 N–H and O–H groups in total. The van der Waals surface area contributed by atoms with Crippen molar-refractivity contribution in [2.24, 2.45) is 0 Å². The lowest BCUT2D eigenvalue weighted by molar-refractivity contribution is -0.116. The van der Waals surface area contributed by atoms with Gasteiger partial charge < -0.3 is 10.6 Å². The van der Waals surface area contributed by atoms with Crippen LogP contribution in [0.25, 0.3) is 10.8 Å². The molecule has 3 heteroatoms. The van der Waals surface area contributed by atoms with Crippen molar-refractivity contribution in [1.29, 1.82) is 0 Å². The first-order chi connectivity index (χ1) is 17.3. The highest BCUT2D eigenvalue weighted by Gasteiger charge is 2.22. The first-order valence-electron chi connectivity index (χ1n) is 11.9. The fraction of sp³-hybridized carbons (Fsp3) is 0.0938. The summed E-state index contributed by atoms with van der Waals surface area (Å²) in [5.74, 6) is -0.398. The molecule has 0 aliphatic heterocycles. The van der Waals surface area contributed by atoms with Gasteiger partial charge in [0.15, 0.2) is 0 Å². The molecule has 0 heterocycles. The number of rotatable bonds is 8. The van der Waals surface area contributed by atoms with Crippen LogP contribution in [0.3, 0.4) is 0 Å². The number of nitrogens with one attached hydrogen (secondary N) is 2. The van der Waals surface area contributed by atoms with Crippen molar-refractivity contribution in [3.05, 3.63) is 150 Å². The Hall–Kier alpha value is -4.21. The zero-order chi connectivity index (χ0) is 23.9. The molecule has 1 amide bonds. The third-order valence-electron chi connectivity index (χ3n) is 6.22. The molecule has 3 nitrogen and oxygen atoms in total. The van der Waals surface area contributed by atoms with Crippen LogP contribution in [0.2, 0.25) is 0 Å². The third kappa shape index (κ3) is 5.65. The van der Waals surface area contributed by atoms with Crippen LogP contribution in [0.15, 0.2) is 127 Å². The van der Waals surface area contributed by atoms with Gasteiger partial charge in [0.05, 0.1) is 5.92 Å². The minimum atomic E-state index is -0.360. The summed E-state index contributed by atoms with van der Waals surface area (Å²) in [6, 6.07) is 42.9. The lowest BCUT2D eigenvalue weighted by Crippen LogP contribution is -2.22. The quantitative estimate of drug-likeness (QED) is 0.267. The van der Waals surface area contributed by atoms with Crippen molar-refractivity contribution >= 4 is 22.4 Å². The second-order valence-electron chi connectivity index (χ2n) is 8.73. The largest absolute Gasteiger partial charge is 0.325 e. The number of carbonyl (C=O) groups excluding carboxylic acids is 1. The molecule has 5 aromatic carbocycles. The molecule has 0 aliphatic carbocycles. The van der Waals surface area contributed by atoms with E-state index in [0.717, 1.165) is 29.9 Å². The van der Waals surface area contributed by atoms with Crippen molar-refractivity contribution in [1.82, 2.24) is 5.32 Å². The summed E-state index contributed by atoms with van der Waals surface area (Å²) in [4.78, 5) is 13.3. The van der Waals surface area contributed by atoms with E-state index in [1.54, 1.807) is 0 Å². The van der Waals surface area contributed by atoms with E-state index in [-0.39, 0.29) is 11.8 Å². The first-order valence-corrected chi connectivity index (χ1v) is 11.9. The summed E-state index contributed by atoms with van der Waals surface area (Å²) in [5, 5.41) is 9.14. The maximum Gasteiger partial charge on any atom is 0.236 e. The van der Waals surface area contributed by atoms with Crippen LogP contribution in [-0.4, -0.2) is 5.91 Å². The van der Waals surface area contributed by atoms with Gasteiger partial charge in [0.2, 0.25) is 5.91 Å². The summed E-state index contributed by atoms with van der Waals surface area (Å²) >= 11 is 0. The van der Waals surface area contributed by atoms with Gasteiger partial charge in [-0.3, -0.25) is 4.79 Å². The molecule has 0 saturated heterocycles. The first kappa shape index (κ1) is 22.6. The molecule has 0 spiro atoms. The Morgan fingerprint density at radius 2 is 1.11 bits per heavy atom. The second-order valence-corrected chi connectivity index (χ2v) is 8.73. The van der Waals surface area contributed by atoms with Gasteiger partial charge in [0.25, 0.3) is 0 Å². The molecule has 35 heavy (non-hydrogen) atoms. The molecule has 0 saturated carbocycles.